The molecule has 0 aromatic heterocycles. The van der Waals surface area contributed by atoms with Gasteiger partial charge < -0.3 is 0 Å². The number of nitrogens with one attached hydrogen (secondary N) is 1. The van der Waals surface area contributed by atoms with E-state index in [1.807, 2.05) is 4.72 Å². The van der Waals surface area contributed by atoms with Gasteiger partial charge >= 0.3 is 0 Å². The molecule has 1 aromatic carbocycles. The molecule has 0 bridgehead atoms. The molecule has 1 N–H and O–H groups in total. The van der Waals surface area contributed by atoms with Crippen molar-refractivity contribution in [1.82, 2.24) is 4.72 Å². The zero-order valence-electron chi connectivity index (χ0n) is 9.10. The summed E-state index contributed by atoms with van der Waals surface area (Å²) < 4.78 is 25.5. The van der Waals surface area contributed by atoms with Crippen LogP contribution in [0.15, 0.2) is 41.3 Å². The van der Waals surface area contributed by atoms with Crippen LogP contribution in [-0.2, 0) is 14.8 Å². The quantitative estimate of drug-likeness (QED) is 0.810. The molecular weight excluding hydrogens is 226 g/mol. The van der Waals surface area contributed by atoms with Crippen LogP contribution in [-0.4, -0.2) is 14.3 Å². The normalized spacial score (nSPS) is 11.6. The van der Waals surface area contributed by atoms with E-state index in [9.17, 15) is 13.2 Å². The van der Waals surface area contributed by atoms with Crippen LogP contribution in [0.2, 0.25) is 0 Å². The minimum absolute atomic E-state index is 0.118. The second-order valence-corrected chi connectivity index (χ2v) is 4.89. The molecule has 0 heterocycles. The van der Waals surface area contributed by atoms with Crippen molar-refractivity contribution in [2.45, 2.75) is 18.7 Å². The number of sulfonamides is 1. The first-order valence-corrected chi connectivity index (χ1v) is 6.21. The van der Waals surface area contributed by atoms with E-state index in [-0.39, 0.29) is 4.90 Å². The summed E-state index contributed by atoms with van der Waals surface area (Å²) in [6, 6.07) is 6.49. The summed E-state index contributed by atoms with van der Waals surface area (Å²) in [5, 5.41) is 0. The van der Waals surface area contributed by atoms with E-state index >= 15 is 0 Å². The molecule has 0 aliphatic heterocycles. The van der Waals surface area contributed by atoms with E-state index in [0.717, 1.165) is 6.08 Å². The van der Waals surface area contributed by atoms with Crippen molar-refractivity contribution in [2.75, 3.05) is 0 Å². The molecule has 0 atom stereocenters. The number of hydrogen-bond acceptors (Lipinski definition) is 3. The van der Waals surface area contributed by atoms with Gasteiger partial charge in [0.1, 0.15) is 0 Å². The molecule has 0 fully saturated rings. The number of benzene rings is 1. The zero-order chi connectivity index (χ0) is 12.2. The van der Waals surface area contributed by atoms with Crippen LogP contribution in [0.1, 0.15) is 12.5 Å². The van der Waals surface area contributed by atoms with Crippen molar-refractivity contribution in [3.05, 3.63) is 42.0 Å². The Kier molecular flexibility index (Phi) is 3.84. The van der Waals surface area contributed by atoms with Crippen LogP contribution in [0.5, 0.6) is 0 Å². The Morgan fingerprint density at radius 2 is 1.94 bits per heavy atom. The lowest BCUT2D eigenvalue weighted by atomic mass is 10.2. The minimum Gasteiger partial charge on any atom is -0.269 e. The van der Waals surface area contributed by atoms with Crippen LogP contribution >= 0.6 is 0 Å². The molecule has 1 rings (SSSR count). The van der Waals surface area contributed by atoms with Crippen molar-refractivity contribution in [3.8, 4) is 0 Å². The summed E-state index contributed by atoms with van der Waals surface area (Å²) in [4.78, 5) is 11.3. The van der Waals surface area contributed by atoms with Crippen LogP contribution in [0.25, 0.3) is 0 Å². The predicted molar refractivity (Wildman–Crippen MR) is 61.3 cm³/mol. The molecule has 0 unspecified atom stereocenters. The Labute approximate surface area is 95.0 Å². The van der Waals surface area contributed by atoms with Gasteiger partial charge in [-0.1, -0.05) is 24.3 Å². The van der Waals surface area contributed by atoms with Gasteiger partial charge in [0, 0.05) is 0 Å². The molecule has 86 valence electrons. The molecule has 0 radical (unpaired) electrons. The molecule has 1 aromatic rings. The van der Waals surface area contributed by atoms with Crippen molar-refractivity contribution < 1.29 is 13.2 Å². The molecule has 1 amide bonds. The number of aryl methyl sites for hydroxylation is 1. The van der Waals surface area contributed by atoms with E-state index in [1.54, 1.807) is 32.0 Å². The van der Waals surface area contributed by atoms with E-state index in [4.69, 9.17) is 0 Å². The molecule has 4 nitrogen and oxygen atoms in total. The monoisotopic (exact) mass is 239 g/mol. The van der Waals surface area contributed by atoms with Gasteiger partial charge in [-0.05, 0) is 31.6 Å². The number of rotatable bonds is 3. The molecule has 0 saturated heterocycles. The summed E-state index contributed by atoms with van der Waals surface area (Å²) >= 11 is 0. The molecule has 5 heteroatoms. The average molecular weight is 239 g/mol. The largest absolute Gasteiger partial charge is 0.269 e. The predicted octanol–water partition coefficient (Wildman–Crippen LogP) is 1.38. The molecule has 0 aliphatic rings. The van der Waals surface area contributed by atoms with Crippen molar-refractivity contribution >= 4 is 15.9 Å². The number of carbonyl (C=O) groups excluding carboxylic acids is 1. The van der Waals surface area contributed by atoms with Gasteiger partial charge in [-0.2, -0.15) is 0 Å². The first kappa shape index (κ1) is 12.4. The van der Waals surface area contributed by atoms with Crippen molar-refractivity contribution in [1.29, 1.82) is 0 Å². The first-order valence-electron chi connectivity index (χ1n) is 4.72. The third-order valence-electron chi connectivity index (χ3n) is 1.94. The summed E-state index contributed by atoms with van der Waals surface area (Å²) in [5.41, 5.74) is 0.600. The first-order chi connectivity index (χ1) is 7.47. The van der Waals surface area contributed by atoms with Crippen LogP contribution in [0.3, 0.4) is 0 Å². The highest BCUT2D eigenvalue weighted by atomic mass is 32.2. The van der Waals surface area contributed by atoms with Crippen LogP contribution in [0, 0.1) is 6.92 Å². The topological polar surface area (TPSA) is 63.2 Å². The third-order valence-corrected chi connectivity index (χ3v) is 3.44. The van der Waals surface area contributed by atoms with Gasteiger partial charge in [-0.25, -0.2) is 13.1 Å². The maximum atomic E-state index is 11.8. The minimum atomic E-state index is -3.76. The Morgan fingerprint density at radius 1 is 1.31 bits per heavy atom. The summed E-state index contributed by atoms with van der Waals surface area (Å²) in [6.45, 7) is 3.31. The summed E-state index contributed by atoms with van der Waals surface area (Å²) in [5.74, 6) is -0.647. The van der Waals surface area contributed by atoms with Gasteiger partial charge in [0.25, 0.3) is 15.9 Å². The number of amides is 1. The number of hydrogen-bond donors (Lipinski definition) is 1. The molecule has 16 heavy (non-hydrogen) atoms. The van der Waals surface area contributed by atoms with Crippen molar-refractivity contribution in [3.63, 3.8) is 0 Å². The lowest BCUT2D eigenvalue weighted by Gasteiger charge is -2.07. The smallest absolute Gasteiger partial charge is 0.264 e. The van der Waals surface area contributed by atoms with E-state index in [1.165, 1.54) is 12.1 Å². The Morgan fingerprint density at radius 3 is 2.50 bits per heavy atom. The van der Waals surface area contributed by atoms with Crippen LogP contribution < -0.4 is 4.72 Å². The van der Waals surface area contributed by atoms with E-state index < -0.39 is 15.9 Å². The van der Waals surface area contributed by atoms with Crippen LogP contribution in [0.4, 0.5) is 0 Å². The van der Waals surface area contributed by atoms with Gasteiger partial charge in [0.2, 0.25) is 0 Å². The van der Waals surface area contributed by atoms with Gasteiger partial charge in [-0.15, -0.1) is 0 Å². The fraction of sp³-hybridized carbons (Fsp3) is 0.182. The Balaban J connectivity index is 3.04. The highest BCUT2D eigenvalue weighted by molar-refractivity contribution is 7.90. The second kappa shape index (κ2) is 4.94. The van der Waals surface area contributed by atoms with Gasteiger partial charge in [-0.3, -0.25) is 4.79 Å². The fourth-order valence-electron chi connectivity index (χ4n) is 1.23. The van der Waals surface area contributed by atoms with E-state index in [2.05, 4.69) is 0 Å². The maximum absolute atomic E-state index is 11.8. The third kappa shape index (κ3) is 2.93. The Bertz CT molecular complexity index is 518. The van der Waals surface area contributed by atoms with E-state index in [0.29, 0.717) is 5.56 Å². The number of carbonyl (C=O) groups is 1. The average Bonchev–Trinajstić information content (AvgIpc) is 2.17. The molecule has 0 saturated carbocycles. The second-order valence-electron chi connectivity index (χ2n) is 3.24. The molecule has 0 aliphatic carbocycles. The number of allylic oxidation sites excluding steroid dienone is 1. The maximum Gasteiger partial charge on any atom is 0.264 e. The lowest BCUT2D eigenvalue weighted by Crippen LogP contribution is -2.29. The summed E-state index contributed by atoms with van der Waals surface area (Å²) in [7, 11) is -3.76. The van der Waals surface area contributed by atoms with Gasteiger partial charge in [0.15, 0.2) is 0 Å². The van der Waals surface area contributed by atoms with Crippen molar-refractivity contribution in [2.24, 2.45) is 0 Å². The molecule has 0 spiro atoms. The lowest BCUT2D eigenvalue weighted by molar-refractivity contribution is -0.114. The molecular formula is C11H13NO3S. The Hall–Kier alpha value is -1.62. The SMILES string of the molecule is CC=CC(=O)NS(=O)(=O)c1ccccc1C. The highest BCUT2D eigenvalue weighted by Gasteiger charge is 2.17. The summed E-state index contributed by atoms with van der Waals surface area (Å²) in [6.07, 6.45) is 2.64. The highest BCUT2D eigenvalue weighted by Crippen LogP contribution is 2.13. The zero-order valence-corrected chi connectivity index (χ0v) is 9.91. The fourth-order valence-corrected chi connectivity index (χ4v) is 2.42. The van der Waals surface area contributed by atoms with Gasteiger partial charge in [0.05, 0.1) is 4.90 Å². The standard InChI is InChI=1S/C11H13NO3S/c1-3-6-11(13)12-16(14,15)10-8-5-4-7-9(10)2/h3-8H,1-2H3,(H,12,13).